The van der Waals surface area contributed by atoms with Gasteiger partial charge in [-0.25, -0.2) is 9.59 Å². The number of carbonyl (C=O) groups is 2. The molecular formula is C28H68O10Si8. The summed E-state index contributed by atoms with van der Waals surface area (Å²) in [5, 5.41) is 0. The van der Waals surface area contributed by atoms with E-state index in [-0.39, 0.29) is 13.2 Å². The van der Waals surface area contributed by atoms with Gasteiger partial charge in [0.05, 0.1) is 13.2 Å². The van der Waals surface area contributed by atoms with Crippen LogP contribution in [0.1, 0.15) is 12.8 Å². The third-order valence-electron chi connectivity index (χ3n) is 5.58. The third-order valence-corrected chi connectivity index (χ3v) is 31.8. The minimum atomic E-state index is -2.81. The summed E-state index contributed by atoms with van der Waals surface area (Å²) in [4.78, 5) is 24.4. The largest absolute Gasteiger partial charge is 0.466 e. The van der Waals surface area contributed by atoms with Crippen LogP contribution in [0.15, 0.2) is 12.2 Å². The highest BCUT2D eigenvalue weighted by molar-refractivity contribution is 6.90. The van der Waals surface area contributed by atoms with Crippen molar-refractivity contribution < 1.29 is 43.8 Å². The Labute approximate surface area is 290 Å². The molecule has 0 aromatic rings. The number of ether oxygens (including phenoxy) is 2. The van der Waals surface area contributed by atoms with Gasteiger partial charge in [0.1, 0.15) is 0 Å². The molecule has 0 aliphatic rings. The molecule has 0 rings (SSSR count). The van der Waals surface area contributed by atoms with Gasteiger partial charge in [0.15, 0.2) is 49.9 Å². The molecule has 272 valence electrons. The maximum atomic E-state index is 12.2. The molecule has 0 N–H and O–H groups in total. The smallest absolute Gasteiger partial charge is 0.463 e. The maximum Gasteiger partial charge on any atom is 0.466 e. The molecule has 0 aliphatic carbocycles. The van der Waals surface area contributed by atoms with E-state index in [1.165, 1.54) is 0 Å². The van der Waals surface area contributed by atoms with Crippen molar-refractivity contribution >= 4 is 79.5 Å². The average Bonchev–Trinajstić information content (AvgIpc) is 2.71. The summed E-state index contributed by atoms with van der Waals surface area (Å²) >= 11 is 0. The van der Waals surface area contributed by atoms with Gasteiger partial charge in [-0.05, 0) is 130 Å². The van der Waals surface area contributed by atoms with E-state index in [9.17, 15) is 9.59 Å². The lowest BCUT2D eigenvalue weighted by molar-refractivity contribution is -0.140. The minimum Gasteiger partial charge on any atom is -0.463 e. The Hall–Kier alpha value is 0.175. The molecule has 0 fully saturated rings. The molecule has 0 saturated carbocycles. The van der Waals surface area contributed by atoms with E-state index in [1.807, 2.05) is 13.1 Å². The fourth-order valence-corrected chi connectivity index (χ4v) is 36.9. The van der Waals surface area contributed by atoms with Crippen LogP contribution in [0.2, 0.25) is 130 Å². The van der Waals surface area contributed by atoms with Gasteiger partial charge < -0.3 is 34.2 Å². The Morgan fingerprint density at radius 2 is 0.652 bits per heavy atom. The first-order chi connectivity index (χ1) is 20.2. The van der Waals surface area contributed by atoms with Crippen molar-refractivity contribution in [3.8, 4) is 0 Å². The molecule has 0 unspecified atom stereocenters. The maximum absolute atomic E-state index is 12.2. The van der Waals surface area contributed by atoms with Gasteiger partial charge >= 0.3 is 29.5 Å². The molecule has 18 heteroatoms. The highest BCUT2D eigenvalue weighted by atomic mass is 28.5. The lowest BCUT2D eigenvalue weighted by Gasteiger charge is -2.41. The van der Waals surface area contributed by atoms with Crippen LogP contribution < -0.4 is 0 Å². The fraction of sp³-hybridized carbons (Fsp3) is 0.857. The summed E-state index contributed by atoms with van der Waals surface area (Å²) in [5.41, 5.74) is 0. The molecule has 0 aromatic heterocycles. The molecule has 0 heterocycles. The summed E-state index contributed by atoms with van der Waals surface area (Å²) in [6.07, 6.45) is 3.55. The van der Waals surface area contributed by atoms with E-state index in [1.54, 1.807) is 0 Å². The molecule has 0 amide bonds. The van der Waals surface area contributed by atoms with Crippen molar-refractivity contribution in [3.63, 3.8) is 0 Å². The predicted octanol–water partition coefficient (Wildman–Crippen LogP) is 8.40. The second kappa shape index (κ2) is 17.9. The van der Waals surface area contributed by atoms with Gasteiger partial charge in [-0.15, -0.1) is 0 Å². The van der Waals surface area contributed by atoms with E-state index in [4.69, 9.17) is 34.2 Å². The van der Waals surface area contributed by atoms with Crippen molar-refractivity contribution in [2.75, 3.05) is 13.2 Å². The molecule has 0 aromatic carbocycles. The first-order valence-electron chi connectivity index (χ1n) is 16.5. The number of esters is 2. The Bertz CT molecular complexity index is 886. The lowest BCUT2D eigenvalue weighted by atomic mass is 10.4. The number of hydrogen-bond acceptors (Lipinski definition) is 10. The molecule has 46 heavy (non-hydrogen) atoms. The topological polar surface area (TPSA) is 108 Å². The van der Waals surface area contributed by atoms with Crippen molar-refractivity contribution in [1.82, 2.24) is 0 Å². The average molecular weight is 790 g/mol. The summed E-state index contributed by atoms with van der Waals surface area (Å²) in [6, 6.07) is 1.58. The summed E-state index contributed by atoms with van der Waals surface area (Å²) in [5.74, 6) is -1.15. The minimum absolute atomic E-state index is 0.241. The first kappa shape index (κ1) is 46.2. The van der Waals surface area contributed by atoms with Crippen LogP contribution in [0.5, 0.6) is 0 Å². The van der Waals surface area contributed by atoms with Crippen LogP contribution in [-0.2, 0) is 43.8 Å². The molecule has 0 bridgehead atoms. The van der Waals surface area contributed by atoms with Crippen molar-refractivity contribution in [1.29, 1.82) is 0 Å². The Kier molecular flexibility index (Phi) is 18.0. The Morgan fingerprint density at radius 3 is 0.870 bits per heavy atom. The van der Waals surface area contributed by atoms with E-state index in [0.29, 0.717) is 12.8 Å². The molecule has 10 nitrogen and oxygen atoms in total. The predicted molar refractivity (Wildman–Crippen MR) is 208 cm³/mol. The van der Waals surface area contributed by atoms with Crippen LogP contribution >= 0.6 is 0 Å². The standard InChI is InChI=1S/C28H68O10Si8/c1-39(2,3)33-45(17,34-40(4,5)6)37-43(13,14)25-19-23-31-27(29)21-22-28(30)32-24-20-26-44(15,16)38-46(18,35-41(7,8)9)36-42(10,11)12/h21-22H,19-20,23-26H2,1-18H3/b22-21+. The monoisotopic (exact) mass is 788 g/mol. The van der Waals surface area contributed by atoms with Gasteiger partial charge in [0, 0.05) is 25.2 Å². The molecular weight excluding hydrogens is 721 g/mol. The zero-order valence-corrected chi connectivity index (χ0v) is 40.5. The molecule has 0 radical (unpaired) electrons. The second-order valence-corrected chi connectivity index (χ2v) is 50.5. The van der Waals surface area contributed by atoms with Crippen molar-refractivity contribution in [3.05, 3.63) is 12.2 Å². The van der Waals surface area contributed by atoms with Gasteiger partial charge in [-0.3, -0.25) is 0 Å². The zero-order chi connectivity index (χ0) is 36.5. The summed E-state index contributed by atoms with van der Waals surface area (Å²) in [7, 11) is -17.4. The van der Waals surface area contributed by atoms with E-state index < -0.39 is 79.5 Å². The number of rotatable bonds is 22. The molecule has 0 saturated heterocycles. The fourth-order valence-electron chi connectivity index (χ4n) is 5.03. The van der Waals surface area contributed by atoms with E-state index in [2.05, 4.69) is 105 Å². The highest BCUT2D eigenvalue weighted by Gasteiger charge is 2.48. The van der Waals surface area contributed by atoms with Gasteiger partial charge in [-0.2, -0.15) is 0 Å². The van der Waals surface area contributed by atoms with Crippen molar-refractivity contribution in [2.24, 2.45) is 0 Å². The molecule has 0 atom stereocenters. The van der Waals surface area contributed by atoms with Crippen LogP contribution in [-0.4, -0.2) is 92.7 Å². The quantitative estimate of drug-likeness (QED) is 0.0460. The van der Waals surface area contributed by atoms with Crippen LogP contribution in [0.3, 0.4) is 0 Å². The van der Waals surface area contributed by atoms with Crippen LogP contribution in [0.4, 0.5) is 0 Å². The highest BCUT2D eigenvalue weighted by Crippen LogP contribution is 2.29. The van der Waals surface area contributed by atoms with Crippen molar-refractivity contribution in [2.45, 2.75) is 143 Å². The van der Waals surface area contributed by atoms with Crippen LogP contribution in [0, 0.1) is 0 Å². The zero-order valence-electron chi connectivity index (χ0n) is 32.5. The summed E-state index contributed by atoms with van der Waals surface area (Å²) < 4.78 is 50.0. The Morgan fingerprint density at radius 1 is 0.413 bits per heavy atom. The summed E-state index contributed by atoms with van der Waals surface area (Å²) in [6.45, 7) is 38.9. The Balaban J connectivity index is 4.74. The SMILES string of the molecule is C[Si](C)(C)O[Si](C)(O[Si](C)(C)C)O[Si](C)(C)CCCOC(=O)/C=C/C(=O)OCCC[Si](C)(C)O[Si](C)(O[Si](C)(C)C)O[Si](C)(C)C. The van der Waals surface area contributed by atoms with E-state index >= 15 is 0 Å². The van der Waals surface area contributed by atoms with Crippen LogP contribution in [0.25, 0.3) is 0 Å². The number of hydrogen-bond donors (Lipinski definition) is 0. The van der Waals surface area contributed by atoms with Gasteiger partial charge in [-0.1, -0.05) is 0 Å². The van der Waals surface area contributed by atoms with E-state index in [0.717, 1.165) is 24.2 Å². The molecule has 0 spiro atoms. The second-order valence-electron chi connectivity index (χ2n) is 17.2. The van der Waals surface area contributed by atoms with Gasteiger partial charge in [0.25, 0.3) is 0 Å². The normalized spacial score (nSPS) is 14.6. The number of carbonyl (C=O) groups excluding carboxylic acids is 2. The molecule has 0 aliphatic heterocycles. The third kappa shape index (κ3) is 25.2. The van der Waals surface area contributed by atoms with Gasteiger partial charge in [0.2, 0.25) is 0 Å². The first-order valence-corrected chi connectivity index (χ1v) is 40.8. The lowest BCUT2D eigenvalue weighted by Crippen LogP contribution is -2.59.